The Bertz CT molecular complexity index is 665. The Kier molecular flexibility index (Phi) is 6.82. The highest BCUT2D eigenvalue weighted by molar-refractivity contribution is 7.74. The van der Waals surface area contributed by atoms with Crippen molar-refractivity contribution in [2.45, 2.75) is 38.4 Å². The molecule has 0 spiro atoms. The minimum absolute atomic E-state index is 0.388. The first-order valence-electron chi connectivity index (χ1n) is 9.40. The van der Waals surface area contributed by atoms with Crippen LogP contribution in [-0.4, -0.2) is 42.7 Å². The van der Waals surface area contributed by atoms with Gasteiger partial charge in [-0.2, -0.15) is 5.10 Å². The van der Waals surface area contributed by atoms with Crippen molar-refractivity contribution in [3.8, 4) is 0 Å². The van der Waals surface area contributed by atoms with E-state index in [1.165, 1.54) is 29.2 Å². The second-order valence-electron chi connectivity index (χ2n) is 6.87. The topological polar surface area (TPSA) is 24.8 Å². The Labute approximate surface area is 158 Å². The molecular formula is C22H29N2OP. The largest absolute Gasteiger partial charge is 0.382 e. The van der Waals surface area contributed by atoms with Gasteiger partial charge in [0.05, 0.1) is 12.6 Å². The first-order valence-corrected chi connectivity index (χ1v) is 10.8. The molecule has 3 nitrogen and oxygen atoms in total. The van der Waals surface area contributed by atoms with E-state index < -0.39 is 7.92 Å². The highest BCUT2D eigenvalue weighted by Crippen LogP contribution is 2.40. The Morgan fingerprint density at radius 1 is 1.12 bits per heavy atom. The summed E-state index contributed by atoms with van der Waals surface area (Å²) in [6.07, 6.45) is 2.37. The third-order valence-corrected chi connectivity index (χ3v) is 7.91. The number of methoxy groups -OCH3 is 1. The van der Waals surface area contributed by atoms with Gasteiger partial charge in [-0.3, -0.25) is 5.01 Å². The van der Waals surface area contributed by atoms with Crippen molar-refractivity contribution in [1.29, 1.82) is 0 Å². The lowest BCUT2D eigenvalue weighted by molar-refractivity contribution is 0.118. The van der Waals surface area contributed by atoms with Gasteiger partial charge in [0.2, 0.25) is 0 Å². The maximum absolute atomic E-state index is 5.38. The first-order chi connectivity index (χ1) is 12.7. The second-order valence-corrected chi connectivity index (χ2v) is 9.42. The van der Waals surface area contributed by atoms with Crippen LogP contribution in [0.5, 0.6) is 0 Å². The molecule has 2 aromatic carbocycles. The molecule has 3 rings (SSSR count). The number of hydrazone groups is 1. The third kappa shape index (κ3) is 4.52. The molecule has 0 saturated carbocycles. The van der Waals surface area contributed by atoms with Gasteiger partial charge in [-0.05, 0) is 38.3 Å². The Morgan fingerprint density at radius 3 is 2.23 bits per heavy atom. The second kappa shape index (κ2) is 9.30. The molecule has 1 aliphatic rings. The number of rotatable bonds is 7. The Balaban J connectivity index is 1.87. The van der Waals surface area contributed by atoms with Gasteiger partial charge < -0.3 is 4.74 Å². The van der Waals surface area contributed by atoms with E-state index in [2.05, 4.69) is 79.5 Å². The molecule has 0 aliphatic carbocycles. The number of benzene rings is 2. The Hall–Kier alpha value is -1.70. The predicted molar refractivity (Wildman–Crippen MR) is 113 cm³/mol. The first kappa shape index (κ1) is 19.1. The molecule has 1 heterocycles. The molecule has 0 radical (unpaired) electrons. The van der Waals surface area contributed by atoms with Crippen LogP contribution in [0, 0.1) is 0 Å². The quantitative estimate of drug-likeness (QED) is 0.545. The van der Waals surface area contributed by atoms with Crippen molar-refractivity contribution in [3.05, 3.63) is 60.7 Å². The molecule has 2 atom stereocenters. The van der Waals surface area contributed by atoms with E-state index in [0.717, 1.165) is 13.2 Å². The van der Waals surface area contributed by atoms with E-state index in [1.807, 2.05) is 0 Å². The van der Waals surface area contributed by atoms with E-state index in [1.54, 1.807) is 7.11 Å². The number of nitrogens with zero attached hydrogens (tertiary/aromatic N) is 2. The molecular weight excluding hydrogens is 339 g/mol. The molecule has 1 fully saturated rings. The van der Waals surface area contributed by atoms with Crippen LogP contribution in [-0.2, 0) is 4.74 Å². The van der Waals surface area contributed by atoms with Gasteiger partial charge in [0.1, 0.15) is 0 Å². The molecule has 2 aromatic rings. The summed E-state index contributed by atoms with van der Waals surface area (Å²) in [5, 5.41) is 10.1. The lowest BCUT2D eigenvalue weighted by Gasteiger charge is -2.28. The van der Waals surface area contributed by atoms with Crippen molar-refractivity contribution < 1.29 is 4.74 Å². The Morgan fingerprint density at radius 2 is 1.69 bits per heavy atom. The highest BCUT2D eigenvalue weighted by atomic mass is 31.1. The van der Waals surface area contributed by atoms with Crippen LogP contribution < -0.4 is 10.6 Å². The summed E-state index contributed by atoms with van der Waals surface area (Å²) in [5.41, 5.74) is 1.60. The zero-order valence-electron chi connectivity index (χ0n) is 16.0. The van der Waals surface area contributed by atoms with Crippen LogP contribution in [0.3, 0.4) is 0 Å². The zero-order valence-corrected chi connectivity index (χ0v) is 16.9. The van der Waals surface area contributed by atoms with E-state index in [0.29, 0.717) is 11.7 Å². The molecule has 0 amide bonds. The molecule has 138 valence electrons. The summed E-state index contributed by atoms with van der Waals surface area (Å²) in [6, 6.07) is 22.2. The fraction of sp³-hybridized carbons (Fsp3) is 0.409. The average molecular weight is 368 g/mol. The van der Waals surface area contributed by atoms with Crippen LogP contribution >= 0.6 is 7.92 Å². The lowest BCUT2D eigenvalue weighted by Crippen LogP contribution is -2.32. The smallest absolute Gasteiger partial charge is 0.0704 e. The van der Waals surface area contributed by atoms with Crippen molar-refractivity contribution in [2.75, 3.05) is 20.3 Å². The van der Waals surface area contributed by atoms with Crippen LogP contribution in [0.4, 0.5) is 0 Å². The standard InChI is InChI=1S/C22H29N2OP/c1-18(23-24-16-10-11-20(24)17-25-3)19(2)26(21-12-6-4-7-13-21)22-14-8-5-9-15-22/h4-9,12-15,19-20H,10-11,16-17H2,1-3H3/b23-18+/t19?,20-/m0/s1. The monoisotopic (exact) mass is 368 g/mol. The molecule has 4 heteroatoms. The number of hydrogen-bond donors (Lipinski definition) is 0. The summed E-state index contributed by atoms with van der Waals surface area (Å²) in [7, 11) is 1.29. The number of hydrogen-bond acceptors (Lipinski definition) is 3. The van der Waals surface area contributed by atoms with Crippen LogP contribution in [0.2, 0.25) is 0 Å². The fourth-order valence-corrected chi connectivity index (χ4v) is 6.16. The van der Waals surface area contributed by atoms with Gasteiger partial charge in [-0.1, -0.05) is 67.6 Å². The van der Waals surface area contributed by atoms with Gasteiger partial charge >= 0.3 is 0 Å². The molecule has 1 unspecified atom stereocenters. The summed E-state index contributed by atoms with van der Waals surface area (Å²) in [6.45, 7) is 6.31. The van der Waals surface area contributed by atoms with Gasteiger partial charge in [0.15, 0.2) is 0 Å². The van der Waals surface area contributed by atoms with E-state index in [-0.39, 0.29) is 0 Å². The van der Waals surface area contributed by atoms with Gasteiger partial charge in [0.25, 0.3) is 0 Å². The lowest BCUT2D eigenvalue weighted by atomic mass is 10.2. The minimum atomic E-state index is -0.483. The van der Waals surface area contributed by atoms with E-state index >= 15 is 0 Å². The summed E-state index contributed by atoms with van der Waals surface area (Å²) < 4.78 is 5.38. The van der Waals surface area contributed by atoms with Crippen LogP contribution in [0.1, 0.15) is 26.7 Å². The van der Waals surface area contributed by atoms with Crippen molar-refractivity contribution >= 4 is 24.2 Å². The molecule has 0 N–H and O–H groups in total. The van der Waals surface area contributed by atoms with Crippen LogP contribution in [0.25, 0.3) is 0 Å². The van der Waals surface area contributed by atoms with Crippen molar-refractivity contribution in [2.24, 2.45) is 5.10 Å². The summed E-state index contributed by atoms with van der Waals surface area (Å²) in [5.74, 6) is 0. The van der Waals surface area contributed by atoms with Crippen LogP contribution in [0.15, 0.2) is 65.8 Å². The van der Waals surface area contributed by atoms with Gasteiger partial charge in [0, 0.05) is 25.0 Å². The van der Waals surface area contributed by atoms with Gasteiger partial charge in [-0.15, -0.1) is 0 Å². The molecule has 1 aliphatic heterocycles. The highest BCUT2D eigenvalue weighted by Gasteiger charge is 2.27. The molecule has 26 heavy (non-hydrogen) atoms. The normalized spacial score (nSPS) is 19.2. The summed E-state index contributed by atoms with van der Waals surface area (Å²) in [4.78, 5) is 0. The van der Waals surface area contributed by atoms with E-state index in [4.69, 9.17) is 9.84 Å². The maximum atomic E-state index is 5.38. The van der Waals surface area contributed by atoms with Crippen molar-refractivity contribution in [3.63, 3.8) is 0 Å². The zero-order chi connectivity index (χ0) is 18.4. The average Bonchev–Trinajstić information content (AvgIpc) is 3.11. The minimum Gasteiger partial charge on any atom is -0.382 e. The fourth-order valence-electron chi connectivity index (χ4n) is 3.56. The molecule has 0 bridgehead atoms. The summed E-state index contributed by atoms with van der Waals surface area (Å²) >= 11 is 0. The van der Waals surface area contributed by atoms with Crippen molar-refractivity contribution in [1.82, 2.24) is 5.01 Å². The molecule has 0 aromatic heterocycles. The van der Waals surface area contributed by atoms with Gasteiger partial charge in [-0.25, -0.2) is 0 Å². The molecule has 1 saturated heterocycles. The SMILES string of the molecule is COC[C@@H]1CCCN1/N=C(\C)C(C)P(c1ccccc1)c1ccccc1. The van der Waals surface area contributed by atoms with E-state index in [9.17, 15) is 0 Å². The number of ether oxygens (including phenoxy) is 1. The maximum Gasteiger partial charge on any atom is 0.0704 e. The third-order valence-electron chi connectivity index (χ3n) is 5.05. The predicted octanol–water partition coefficient (Wildman–Crippen LogP) is 3.99.